The quantitative estimate of drug-likeness (QED) is 0.392. The lowest BCUT2D eigenvalue weighted by atomic mass is 10.0. The molecule has 0 aliphatic rings. The van der Waals surface area contributed by atoms with E-state index in [0.29, 0.717) is 17.3 Å². The molecule has 2 aromatic carbocycles. The predicted molar refractivity (Wildman–Crippen MR) is 128 cm³/mol. The Morgan fingerprint density at radius 3 is 2.50 bits per heavy atom. The van der Waals surface area contributed by atoms with Crippen LogP contribution in [-0.2, 0) is 12.8 Å². The number of halogens is 1. The highest BCUT2D eigenvalue weighted by Crippen LogP contribution is 2.27. The van der Waals surface area contributed by atoms with Gasteiger partial charge in [0.05, 0.1) is 0 Å². The Morgan fingerprint density at radius 2 is 1.80 bits per heavy atom. The largest absolute Gasteiger partial charge is 0.378 e. The molecule has 0 radical (unpaired) electrons. The summed E-state index contributed by atoms with van der Waals surface area (Å²) in [6.45, 7) is 2.81. The number of fused-ring (bicyclic) bond motifs is 1. The van der Waals surface area contributed by atoms with Crippen molar-refractivity contribution in [3.05, 3.63) is 64.3 Å². The molecule has 1 amide bonds. The molecule has 1 heterocycles. The number of carbonyl (C=O) groups is 1. The number of carbonyl (C=O) groups excluding carboxylic acids is 1. The second kappa shape index (κ2) is 10.5. The molecule has 4 nitrogen and oxygen atoms in total. The molecular formula is C25H32ClN3O. The van der Waals surface area contributed by atoms with Gasteiger partial charge in [0, 0.05) is 42.3 Å². The number of aromatic nitrogens is 1. The Labute approximate surface area is 184 Å². The molecule has 0 saturated heterocycles. The summed E-state index contributed by atoms with van der Waals surface area (Å²) in [6.07, 6.45) is 6.35. The van der Waals surface area contributed by atoms with Crippen LogP contribution < -0.4 is 10.2 Å². The highest BCUT2D eigenvalue weighted by Gasteiger charge is 2.17. The molecule has 0 fully saturated rings. The van der Waals surface area contributed by atoms with Gasteiger partial charge in [-0.2, -0.15) is 0 Å². The molecule has 0 bridgehead atoms. The Balaban J connectivity index is 1.68. The van der Waals surface area contributed by atoms with Crippen molar-refractivity contribution < 1.29 is 4.79 Å². The van der Waals surface area contributed by atoms with E-state index in [0.717, 1.165) is 35.7 Å². The number of amides is 1. The van der Waals surface area contributed by atoms with Crippen molar-refractivity contribution in [1.29, 1.82) is 0 Å². The molecule has 0 spiro atoms. The van der Waals surface area contributed by atoms with E-state index in [1.807, 2.05) is 32.3 Å². The molecular weight excluding hydrogens is 394 g/mol. The fraction of sp³-hybridized carbons (Fsp3) is 0.400. The van der Waals surface area contributed by atoms with E-state index in [1.54, 1.807) is 0 Å². The lowest BCUT2D eigenvalue weighted by molar-refractivity contribution is 0.0949. The van der Waals surface area contributed by atoms with E-state index in [2.05, 4.69) is 46.4 Å². The molecule has 1 aromatic heterocycles. The molecule has 2 N–H and O–H groups in total. The third-order valence-electron chi connectivity index (χ3n) is 5.53. The van der Waals surface area contributed by atoms with Crippen molar-refractivity contribution in [2.24, 2.45) is 0 Å². The topological polar surface area (TPSA) is 48.1 Å². The van der Waals surface area contributed by atoms with Gasteiger partial charge < -0.3 is 15.2 Å². The van der Waals surface area contributed by atoms with E-state index in [9.17, 15) is 4.79 Å². The molecule has 5 heteroatoms. The van der Waals surface area contributed by atoms with Crippen molar-refractivity contribution >= 4 is 34.1 Å². The average molecular weight is 426 g/mol. The summed E-state index contributed by atoms with van der Waals surface area (Å²) in [5.74, 6) is -0.0438. The van der Waals surface area contributed by atoms with Gasteiger partial charge in [-0.15, -0.1) is 0 Å². The second-order valence-corrected chi connectivity index (χ2v) is 8.48. The van der Waals surface area contributed by atoms with Gasteiger partial charge in [0.25, 0.3) is 5.91 Å². The van der Waals surface area contributed by atoms with E-state index in [4.69, 9.17) is 11.6 Å². The number of anilines is 1. The number of nitrogens with one attached hydrogen (secondary N) is 2. The lowest BCUT2D eigenvalue weighted by Crippen LogP contribution is -2.27. The minimum Gasteiger partial charge on any atom is -0.378 e. The zero-order valence-electron chi connectivity index (χ0n) is 18.2. The van der Waals surface area contributed by atoms with Gasteiger partial charge in [-0.3, -0.25) is 4.79 Å². The van der Waals surface area contributed by atoms with Crippen molar-refractivity contribution in [2.75, 3.05) is 25.5 Å². The summed E-state index contributed by atoms with van der Waals surface area (Å²) in [6, 6.07) is 14.2. The van der Waals surface area contributed by atoms with Gasteiger partial charge >= 0.3 is 0 Å². The van der Waals surface area contributed by atoms with Crippen LogP contribution in [0.2, 0.25) is 5.02 Å². The maximum atomic E-state index is 13.0. The van der Waals surface area contributed by atoms with Crippen molar-refractivity contribution in [3.8, 4) is 0 Å². The van der Waals surface area contributed by atoms with E-state index < -0.39 is 0 Å². The molecule has 3 aromatic rings. The van der Waals surface area contributed by atoms with Crippen LogP contribution in [0.25, 0.3) is 10.9 Å². The maximum absolute atomic E-state index is 13.0. The first-order valence-electron chi connectivity index (χ1n) is 10.8. The average Bonchev–Trinajstić information content (AvgIpc) is 3.09. The van der Waals surface area contributed by atoms with Crippen LogP contribution in [0.5, 0.6) is 0 Å². The molecule has 160 valence electrons. The Morgan fingerprint density at radius 1 is 1.03 bits per heavy atom. The summed E-state index contributed by atoms with van der Waals surface area (Å²) < 4.78 is 0. The van der Waals surface area contributed by atoms with Crippen LogP contribution in [0.1, 0.15) is 54.2 Å². The zero-order chi connectivity index (χ0) is 21.5. The second-order valence-electron chi connectivity index (χ2n) is 8.05. The monoisotopic (exact) mass is 425 g/mol. The van der Waals surface area contributed by atoms with Crippen molar-refractivity contribution in [3.63, 3.8) is 0 Å². The first-order valence-corrected chi connectivity index (χ1v) is 11.2. The highest BCUT2D eigenvalue weighted by molar-refractivity contribution is 6.31. The van der Waals surface area contributed by atoms with Crippen LogP contribution in [0.4, 0.5) is 5.69 Å². The van der Waals surface area contributed by atoms with Gasteiger partial charge in [-0.05, 0) is 60.7 Å². The summed E-state index contributed by atoms with van der Waals surface area (Å²) >= 11 is 6.23. The minimum absolute atomic E-state index is 0.0438. The zero-order valence-corrected chi connectivity index (χ0v) is 19.0. The van der Waals surface area contributed by atoms with Crippen LogP contribution in [-0.4, -0.2) is 31.5 Å². The van der Waals surface area contributed by atoms with Gasteiger partial charge in [0.15, 0.2) is 0 Å². The van der Waals surface area contributed by atoms with Crippen LogP contribution in [0.15, 0.2) is 42.5 Å². The van der Waals surface area contributed by atoms with Gasteiger partial charge in [0.1, 0.15) is 5.69 Å². The first-order chi connectivity index (χ1) is 14.5. The summed E-state index contributed by atoms with van der Waals surface area (Å²) in [5, 5.41) is 4.85. The number of nitrogens with zero attached hydrogens (tertiary/aromatic N) is 1. The van der Waals surface area contributed by atoms with E-state index >= 15 is 0 Å². The Hall–Kier alpha value is -2.46. The van der Waals surface area contributed by atoms with Crippen molar-refractivity contribution in [1.82, 2.24) is 10.3 Å². The Bertz CT molecular complexity index is 976. The summed E-state index contributed by atoms with van der Waals surface area (Å²) in [7, 11) is 4.06. The Kier molecular flexibility index (Phi) is 7.81. The third kappa shape index (κ3) is 5.57. The maximum Gasteiger partial charge on any atom is 0.268 e. The summed E-state index contributed by atoms with van der Waals surface area (Å²) in [4.78, 5) is 18.4. The van der Waals surface area contributed by atoms with Crippen LogP contribution in [0.3, 0.4) is 0 Å². The predicted octanol–water partition coefficient (Wildman–Crippen LogP) is 5.98. The van der Waals surface area contributed by atoms with Gasteiger partial charge in [0.2, 0.25) is 0 Å². The summed E-state index contributed by atoms with van der Waals surface area (Å²) in [5.41, 5.74) is 5.11. The fourth-order valence-electron chi connectivity index (χ4n) is 3.77. The number of benzene rings is 2. The van der Waals surface area contributed by atoms with E-state index in [1.165, 1.54) is 30.5 Å². The number of hydrogen-bond acceptors (Lipinski definition) is 2. The standard InChI is InChI=1S/C25H32ClN3O/c1-4-5-6-7-8-21-22-17-19(26)11-14-23(22)28-24(21)25(30)27-16-15-18-9-12-20(13-10-18)29(2)3/h9-14,17,28H,4-8,15-16H2,1-3H3,(H,27,30). The number of aromatic amines is 1. The third-order valence-corrected chi connectivity index (χ3v) is 5.76. The van der Waals surface area contributed by atoms with Gasteiger partial charge in [-0.1, -0.05) is 49.9 Å². The number of aryl methyl sites for hydroxylation is 1. The lowest BCUT2D eigenvalue weighted by Gasteiger charge is -2.12. The number of hydrogen-bond donors (Lipinski definition) is 2. The van der Waals surface area contributed by atoms with E-state index in [-0.39, 0.29) is 5.91 Å². The van der Waals surface area contributed by atoms with Gasteiger partial charge in [-0.25, -0.2) is 0 Å². The molecule has 0 aliphatic heterocycles. The SMILES string of the molecule is CCCCCCc1c(C(=O)NCCc2ccc(N(C)C)cc2)[nH]c2ccc(Cl)cc12. The molecule has 3 rings (SSSR count). The number of rotatable bonds is 10. The number of H-pyrrole nitrogens is 1. The van der Waals surface area contributed by atoms with Crippen LogP contribution >= 0.6 is 11.6 Å². The highest BCUT2D eigenvalue weighted by atomic mass is 35.5. The molecule has 0 saturated carbocycles. The molecule has 0 atom stereocenters. The molecule has 0 aliphatic carbocycles. The fourth-order valence-corrected chi connectivity index (χ4v) is 3.94. The molecule has 0 unspecified atom stereocenters. The normalized spacial score (nSPS) is 11.1. The smallest absolute Gasteiger partial charge is 0.268 e. The van der Waals surface area contributed by atoms with Crippen molar-refractivity contribution in [2.45, 2.75) is 45.4 Å². The number of unbranched alkanes of at least 4 members (excludes halogenated alkanes) is 3. The minimum atomic E-state index is -0.0438. The first kappa shape index (κ1) is 22.2. The molecule has 30 heavy (non-hydrogen) atoms. The van der Waals surface area contributed by atoms with Crippen LogP contribution in [0, 0.1) is 0 Å².